The Hall–Kier alpha value is -0.820. The van der Waals surface area contributed by atoms with Crippen LogP contribution in [0.1, 0.15) is 5.82 Å². The third-order valence-corrected chi connectivity index (χ3v) is 2.90. The van der Waals surface area contributed by atoms with Crippen molar-refractivity contribution in [2.24, 2.45) is 0 Å². The summed E-state index contributed by atoms with van der Waals surface area (Å²) in [5.41, 5.74) is 0.00823. The van der Waals surface area contributed by atoms with Crippen LogP contribution in [0, 0.1) is 0 Å². The van der Waals surface area contributed by atoms with Crippen molar-refractivity contribution in [2.45, 2.75) is 6.18 Å². The van der Waals surface area contributed by atoms with Crippen LogP contribution >= 0.6 is 27.5 Å². The molecule has 8 heteroatoms. The molecule has 0 aliphatic heterocycles. The molecule has 15 heavy (non-hydrogen) atoms. The lowest BCUT2D eigenvalue weighted by atomic mass is 10.4. The van der Waals surface area contributed by atoms with Crippen LogP contribution in [0.3, 0.4) is 0 Å². The fourth-order valence-electron chi connectivity index (χ4n) is 1.04. The van der Waals surface area contributed by atoms with Gasteiger partial charge in [0.05, 0.1) is 9.50 Å². The first-order chi connectivity index (χ1) is 6.89. The molecule has 2 heterocycles. The molecule has 2 aromatic heterocycles. The number of H-pyrrole nitrogens is 1. The minimum atomic E-state index is -4.53. The van der Waals surface area contributed by atoms with Gasteiger partial charge < -0.3 is 4.98 Å². The van der Waals surface area contributed by atoms with Gasteiger partial charge in [-0.05, 0) is 15.9 Å². The molecule has 0 saturated carbocycles. The lowest BCUT2D eigenvalue weighted by Crippen LogP contribution is -2.06. The number of alkyl halides is 3. The van der Waals surface area contributed by atoms with Gasteiger partial charge in [-0.25, -0.2) is 9.97 Å². The van der Waals surface area contributed by atoms with Crippen LogP contribution in [0.15, 0.2) is 10.7 Å². The van der Waals surface area contributed by atoms with Gasteiger partial charge in [-0.3, -0.25) is 0 Å². The molecule has 2 rings (SSSR count). The van der Waals surface area contributed by atoms with Crippen LogP contribution in [-0.4, -0.2) is 15.0 Å². The van der Waals surface area contributed by atoms with Gasteiger partial charge in [0.15, 0.2) is 5.65 Å². The highest BCUT2D eigenvalue weighted by Gasteiger charge is 2.35. The lowest BCUT2D eigenvalue weighted by Gasteiger charge is -1.99. The van der Waals surface area contributed by atoms with Crippen molar-refractivity contribution >= 4 is 38.7 Å². The van der Waals surface area contributed by atoms with E-state index in [2.05, 4.69) is 30.9 Å². The van der Waals surface area contributed by atoms with E-state index < -0.39 is 12.0 Å². The quantitative estimate of drug-likeness (QED) is 0.810. The number of hydrogen-bond donors (Lipinski definition) is 1. The van der Waals surface area contributed by atoms with Crippen molar-refractivity contribution in [2.75, 3.05) is 0 Å². The van der Waals surface area contributed by atoms with Crippen molar-refractivity contribution in [1.82, 2.24) is 15.0 Å². The van der Waals surface area contributed by atoms with Gasteiger partial charge in [0.1, 0.15) is 5.52 Å². The molecule has 1 N–H and O–H groups in total. The van der Waals surface area contributed by atoms with Crippen LogP contribution in [0.4, 0.5) is 13.2 Å². The van der Waals surface area contributed by atoms with E-state index in [9.17, 15) is 13.2 Å². The SMILES string of the molecule is FC(F)(F)c1nc2ncc(Br)c(Cl)c2[nH]1. The topological polar surface area (TPSA) is 41.6 Å². The maximum absolute atomic E-state index is 12.3. The predicted molar refractivity (Wildman–Crippen MR) is 51.6 cm³/mol. The first kappa shape index (κ1) is 10.7. The smallest absolute Gasteiger partial charge is 0.332 e. The van der Waals surface area contributed by atoms with Crippen molar-refractivity contribution in [3.05, 3.63) is 21.5 Å². The average molecular weight is 300 g/mol. The molecule has 0 amide bonds. The zero-order valence-corrected chi connectivity index (χ0v) is 9.20. The van der Waals surface area contributed by atoms with Crippen LogP contribution < -0.4 is 0 Å². The Morgan fingerprint density at radius 3 is 2.67 bits per heavy atom. The largest absolute Gasteiger partial charge is 0.449 e. The number of nitrogens with zero attached hydrogens (tertiary/aromatic N) is 2. The van der Waals surface area contributed by atoms with Gasteiger partial charge in [0, 0.05) is 6.20 Å². The predicted octanol–water partition coefficient (Wildman–Crippen LogP) is 3.39. The van der Waals surface area contributed by atoms with E-state index in [4.69, 9.17) is 11.6 Å². The van der Waals surface area contributed by atoms with Gasteiger partial charge in [-0.15, -0.1) is 0 Å². The summed E-state index contributed by atoms with van der Waals surface area (Å²) in [6, 6.07) is 0. The van der Waals surface area contributed by atoms with E-state index in [1.54, 1.807) is 0 Å². The average Bonchev–Trinajstić information content (AvgIpc) is 2.55. The highest BCUT2D eigenvalue weighted by molar-refractivity contribution is 9.10. The van der Waals surface area contributed by atoms with E-state index in [0.717, 1.165) is 0 Å². The molecule has 0 spiro atoms. The molecule has 0 fully saturated rings. The number of rotatable bonds is 0. The summed E-state index contributed by atoms with van der Waals surface area (Å²) in [5, 5.41) is 0.128. The molecule has 0 aromatic carbocycles. The van der Waals surface area contributed by atoms with Crippen LogP contribution in [0.5, 0.6) is 0 Å². The molecule has 0 bridgehead atoms. The summed E-state index contributed by atoms with van der Waals surface area (Å²) in [6.45, 7) is 0. The Morgan fingerprint density at radius 1 is 1.40 bits per heavy atom. The zero-order valence-electron chi connectivity index (χ0n) is 6.86. The number of halogens is 5. The minimum Gasteiger partial charge on any atom is -0.332 e. The molecule has 0 saturated heterocycles. The zero-order chi connectivity index (χ0) is 11.2. The molecule has 0 aliphatic rings. The van der Waals surface area contributed by atoms with Gasteiger partial charge in [0.25, 0.3) is 0 Å². The van der Waals surface area contributed by atoms with Gasteiger partial charge >= 0.3 is 6.18 Å². The second-order valence-electron chi connectivity index (χ2n) is 2.70. The van der Waals surface area contributed by atoms with Crippen LogP contribution in [0.2, 0.25) is 5.02 Å². The highest BCUT2D eigenvalue weighted by atomic mass is 79.9. The van der Waals surface area contributed by atoms with Crippen LogP contribution in [-0.2, 0) is 6.18 Å². The lowest BCUT2D eigenvalue weighted by molar-refractivity contribution is -0.144. The van der Waals surface area contributed by atoms with E-state index >= 15 is 0 Å². The first-order valence-electron chi connectivity index (χ1n) is 3.66. The van der Waals surface area contributed by atoms with E-state index in [0.29, 0.717) is 4.47 Å². The molecule has 80 valence electrons. The molecule has 3 nitrogen and oxygen atoms in total. The number of nitrogens with one attached hydrogen (secondary N) is 1. The number of hydrogen-bond acceptors (Lipinski definition) is 2. The fourth-order valence-corrected chi connectivity index (χ4v) is 1.52. The molecular weight excluding hydrogens is 298 g/mol. The van der Waals surface area contributed by atoms with E-state index in [-0.39, 0.29) is 16.2 Å². The molecule has 2 aromatic rings. The monoisotopic (exact) mass is 299 g/mol. The molecular formula is C7H2BrClF3N3. The molecule has 0 radical (unpaired) electrons. The summed E-state index contributed by atoms with van der Waals surface area (Å²) in [4.78, 5) is 9.08. The summed E-state index contributed by atoms with van der Waals surface area (Å²) in [7, 11) is 0. The third kappa shape index (κ3) is 1.81. The Balaban J connectivity index is 2.72. The van der Waals surface area contributed by atoms with Crippen molar-refractivity contribution in [1.29, 1.82) is 0 Å². The number of pyridine rings is 1. The van der Waals surface area contributed by atoms with Gasteiger partial charge in [-0.2, -0.15) is 13.2 Å². The Morgan fingerprint density at radius 2 is 2.07 bits per heavy atom. The third-order valence-electron chi connectivity index (χ3n) is 1.68. The summed E-state index contributed by atoms with van der Waals surface area (Å²) in [5.74, 6) is -1.11. The first-order valence-corrected chi connectivity index (χ1v) is 4.83. The van der Waals surface area contributed by atoms with Crippen molar-refractivity contribution < 1.29 is 13.2 Å². The second kappa shape index (κ2) is 3.34. The van der Waals surface area contributed by atoms with E-state index in [1.807, 2.05) is 0 Å². The Kier molecular flexibility index (Phi) is 2.38. The minimum absolute atomic E-state index is 0.0597. The van der Waals surface area contributed by atoms with Crippen LogP contribution in [0.25, 0.3) is 11.2 Å². The van der Waals surface area contributed by atoms with Crippen molar-refractivity contribution in [3.8, 4) is 0 Å². The molecule has 0 unspecified atom stereocenters. The maximum atomic E-state index is 12.3. The van der Waals surface area contributed by atoms with Gasteiger partial charge in [0.2, 0.25) is 5.82 Å². The summed E-state index contributed by atoms with van der Waals surface area (Å²) >= 11 is 8.82. The number of aromatic amines is 1. The van der Waals surface area contributed by atoms with Gasteiger partial charge in [-0.1, -0.05) is 11.6 Å². The number of fused-ring (bicyclic) bond motifs is 1. The second-order valence-corrected chi connectivity index (χ2v) is 3.93. The normalized spacial score (nSPS) is 12.3. The number of aromatic nitrogens is 3. The summed E-state index contributed by atoms with van der Waals surface area (Å²) < 4.78 is 37.3. The van der Waals surface area contributed by atoms with Crippen molar-refractivity contribution in [3.63, 3.8) is 0 Å². The summed E-state index contributed by atoms with van der Waals surface area (Å²) in [6.07, 6.45) is -3.23. The molecule has 0 atom stereocenters. The fraction of sp³-hybridized carbons (Fsp3) is 0.143. The molecule has 0 aliphatic carbocycles. The standard InChI is InChI=1S/C7H2BrClF3N3/c8-2-1-13-5-4(3(2)9)14-6(15-5)7(10,11)12/h1H,(H,13,14,15). The Labute approximate surface area is 94.8 Å². The van der Waals surface area contributed by atoms with E-state index in [1.165, 1.54) is 6.20 Å². The number of imidazole rings is 1. The Bertz CT molecular complexity index is 522. The highest BCUT2D eigenvalue weighted by Crippen LogP contribution is 2.32. The maximum Gasteiger partial charge on any atom is 0.449 e.